The quantitative estimate of drug-likeness (QED) is 0.689. The Morgan fingerprint density at radius 2 is 2.00 bits per heavy atom. The van der Waals surface area contributed by atoms with Crippen molar-refractivity contribution in [2.24, 2.45) is 0 Å². The molecule has 1 aliphatic rings. The monoisotopic (exact) mass is 369 g/mol. The first-order chi connectivity index (χ1) is 13.0. The zero-order valence-electron chi connectivity index (χ0n) is 15.2. The van der Waals surface area contributed by atoms with Crippen LogP contribution in [0.3, 0.4) is 0 Å². The topological polar surface area (TPSA) is 101 Å². The Morgan fingerprint density at radius 1 is 1.22 bits per heavy atom. The molecule has 27 heavy (non-hydrogen) atoms. The van der Waals surface area contributed by atoms with Crippen LogP contribution in [0.4, 0.5) is 0 Å². The number of nitrogens with zero attached hydrogens (tertiary/aromatic N) is 1. The van der Waals surface area contributed by atoms with Gasteiger partial charge in [-0.2, -0.15) is 0 Å². The van der Waals surface area contributed by atoms with Crippen LogP contribution >= 0.6 is 0 Å². The van der Waals surface area contributed by atoms with Crippen molar-refractivity contribution in [1.29, 1.82) is 0 Å². The molecule has 2 aromatic rings. The molecule has 0 radical (unpaired) electrons. The van der Waals surface area contributed by atoms with E-state index < -0.39 is 11.6 Å². The summed E-state index contributed by atoms with van der Waals surface area (Å²) in [5, 5.41) is 16.4. The van der Waals surface area contributed by atoms with E-state index >= 15 is 0 Å². The van der Waals surface area contributed by atoms with Crippen LogP contribution in [-0.4, -0.2) is 54.3 Å². The molecule has 0 saturated carbocycles. The normalized spacial score (nSPS) is 19.3. The summed E-state index contributed by atoms with van der Waals surface area (Å²) in [5.41, 5.74) is 1.56. The molecule has 0 bridgehead atoms. The number of carbonyl (C=O) groups is 2. The van der Waals surface area contributed by atoms with Crippen LogP contribution in [-0.2, 0) is 4.74 Å². The number of rotatable bonds is 5. The fourth-order valence-electron chi connectivity index (χ4n) is 3.09. The van der Waals surface area contributed by atoms with Crippen molar-refractivity contribution >= 4 is 11.9 Å². The van der Waals surface area contributed by atoms with E-state index in [0.717, 1.165) is 24.1 Å². The Bertz CT molecular complexity index is 814. The number of nitrogens with one attached hydrogen (secondary N) is 2. The zero-order valence-corrected chi connectivity index (χ0v) is 15.2. The smallest absolute Gasteiger partial charge is 0.339 e. The van der Waals surface area contributed by atoms with Gasteiger partial charge in [-0.15, -0.1) is 0 Å². The van der Waals surface area contributed by atoms with Gasteiger partial charge in [-0.3, -0.25) is 9.78 Å². The summed E-state index contributed by atoms with van der Waals surface area (Å²) in [7, 11) is 1.32. The highest BCUT2D eigenvalue weighted by atomic mass is 16.5. The minimum atomic E-state index is -0.895. The third-order valence-electron chi connectivity index (χ3n) is 4.67. The first-order valence-electron chi connectivity index (χ1n) is 8.86. The SMILES string of the molecule is COC(=O)c1cncc(-c2ccc(C(=O)NC[C@@]3(O)CCCNC3)cc2)c1. The summed E-state index contributed by atoms with van der Waals surface area (Å²) in [6, 6.07) is 8.70. The van der Waals surface area contributed by atoms with Gasteiger partial charge in [0.15, 0.2) is 0 Å². The third kappa shape index (κ3) is 4.69. The van der Waals surface area contributed by atoms with E-state index in [-0.39, 0.29) is 12.5 Å². The number of amides is 1. The highest BCUT2D eigenvalue weighted by molar-refractivity contribution is 5.95. The standard InChI is InChI=1S/C20H23N3O4/c1-27-19(25)17-9-16(10-22-11-17)14-3-5-15(6-4-14)18(24)23-13-20(26)7-2-8-21-12-20/h3-6,9-11,21,26H,2,7-8,12-13H2,1H3,(H,23,24)/t20-/m1/s1. The van der Waals surface area contributed by atoms with Crippen molar-refractivity contribution in [3.8, 4) is 11.1 Å². The Labute approximate surface area is 157 Å². The number of benzene rings is 1. The molecule has 1 fully saturated rings. The van der Waals surface area contributed by atoms with E-state index in [1.165, 1.54) is 13.3 Å². The largest absolute Gasteiger partial charge is 0.465 e. The number of methoxy groups -OCH3 is 1. The van der Waals surface area contributed by atoms with E-state index in [9.17, 15) is 14.7 Å². The van der Waals surface area contributed by atoms with Crippen LogP contribution in [0.1, 0.15) is 33.6 Å². The number of hydrogen-bond acceptors (Lipinski definition) is 6. The number of esters is 1. The maximum absolute atomic E-state index is 12.3. The summed E-state index contributed by atoms with van der Waals surface area (Å²) in [4.78, 5) is 28.0. The molecule has 1 aromatic carbocycles. The Balaban J connectivity index is 1.66. The second-order valence-electron chi connectivity index (χ2n) is 6.72. The molecule has 1 amide bonds. The summed E-state index contributed by atoms with van der Waals surface area (Å²) in [5.74, 6) is -0.683. The summed E-state index contributed by atoms with van der Waals surface area (Å²) >= 11 is 0. The molecule has 3 N–H and O–H groups in total. The van der Waals surface area contributed by atoms with Crippen molar-refractivity contribution < 1.29 is 19.4 Å². The van der Waals surface area contributed by atoms with Gasteiger partial charge in [0, 0.05) is 36.6 Å². The highest BCUT2D eigenvalue weighted by Crippen LogP contribution is 2.21. The van der Waals surface area contributed by atoms with Crippen LogP contribution in [0.2, 0.25) is 0 Å². The number of hydrogen-bond donors (Lipinski definition) is 3. The fraction of sp³-hybridized carbons (Fsp3) is 0.350. The van der Waals surface area contributed by atoms with Gasteiger partial charge in [-0.05, 0) is 43.1 Å². The number of ether oxygens (including phenoxy) is 1. The predicted octanol–water partition coefficient (Wildman–Crippen LogP) is 1.38. The van der Waals surface area contributed by atoms with Crippen LogP contribution in [0.15, 0.2) is 42.7 Å². The van der Waals surface area contributed by atoms with E-state index in [2.05, 4.69) is 15.6 Å². The number of β-amino-alcohol motifs (C(OH)–C–C–N with tert-alkyl or cyclic N) is 1. The van der Waals surface area contributed by atoms with Crippen LogP contribution in [0, 0.1) is 0 Å². The molecule has 7 nitrogen and oxygen atoms in total. The average molecular weight is 369 g/mol. The Morgan fingerprint density at radius 3 is 2.67 bits per heavy atom. The maximum atomic E-state index is 12.3. The molecule has 1 aliphatic heterocycles. The van der Waals surface area contributed by atoms with Crippen molar-refractivity contribution in [3.05, 3.63) is 53.9 Å². The number of aromatic nitrogens is 1. The second kappa shape index (κ2) is 8.28. The van der Waals surface area contributed by atoms with Gasteiger partial charge in [0.25, 0.3) is 5.91 Å². The molecule has 0 aliphatic carbocycles. The lowest BCUT2D eigenvalue weighted by Crippen LogP contribution is -2.52. The van der Waals surface area contributed by atoms with Gasteiger partial charge in [0.1, 0.15) is 0 Å². The third-order valence-corrected chi connectivity index (χ3v) is 4.67. The van der Waals surface area contributed by atoms with Crippen molar-refractivity contribution in [2.45, 2.75) is 18.4 Å². The van der Waals surface area contributed by atoms with Crippen LogP contribution in [0.25, 0.3) is 11.1 Å². The second-order valence-corrected chi connectivity index (χ2v) is 6.72. The van der Waals surface area contributed by atoms with E-state index in [1.54, 1.807) is 36.5 Å². The van der Waals surface area contributed by atoms with Gasteiger partial charge in [0.05, 0.1) is 18.3 Å². The molecule has 1 atom stereocenters. The number of aliphatic hydroxyl groups is 1. The molecule has 7 heteroatoms. The minimum Gasteiger partial charge on any atom is -0.465 e. The van der Waals surface area contributed by atoms with Gasteiger partial charge in [-0.1, -0.05) is 12.1 Å². The van der Waals surface area contributed by atoms with Crippen molar-refractivity contribution in [3.63, 3.8) is 0 Å². The minimum absolute atomic E-state index is 0.214. The van der Waals surface area contributed by atoms with Crippen LogP contribution in [0.5, 0.6) is 0 Å². The first-order valence-corrected chi connectivity index (χ1v) is 8.86. The average Bonchev–Trinajstić information content (AvgIpc) is 2.72. The lowest BCUT2D eigenvalue weighted by Gasteiger charge is -2.32. The number of pyridine rings is 1. The Kier molecular flexibility index (Phi) is 5.83. The maximum Gasteiger partial charge on any atom is 0.339 e. The van der Waals surface area contributed by atoms with Gasteiger partial charge >= 0.3 is 5.97 Å². The van der Waals surface area contributed by atoms with Gasteiger partial charge in [0.2, 0.25) is 0 Å². The molecular weight excluding hydrogens is 346 g/mol. The molecule has 2 heterocycles. The molecule has 3 rings (SSSR count). The first kappa shape index (κ1) is 19.0. The lowest BCUT2D eigenvalue weighted by atomic mass is 9.94. The molecule has 0 spiro atoms. The number of piperidine rings is 1. The lowest BCUT2D eigenvalue weighted by molar-refractivity contribution is 0.0170. The summed E-state index contributed by atoms with van der Waals surface area (Å²) < 4.78 is 4.71. The molecule has 0 unspecified atom stereocenters. The summed E-state index contributed by atoms with van der Waals surface area (Å²) in [6.45, 7) is 1.59. The van der Waals surface area contributed by atoms with Crippen molar-refractivity contribution in [1.82, 2.24) is 15.6 Å². The molecular formula is C20H23N3O4. The number of carbonyl (C=O) groups excluding carboxylic acids is 2. The predicted molar refractivity (Wildman–Crippen MR) is 100 cm³/mol. The zero-order chi connectivity index (χ0) is 19.3. The fourth-order valence-corrected chi connectivity index (χ4v) is 3.09. The van der Waals surface area contributed by atoms with E-state index in [1.807, 2.05) is 0 Å². The van der Waals surface area contributed by atoms with Crippen molar-refractivity contribution in [2.75, 3.05) is 26.7 Å². The summed E-state index contributed by atoms with van der Waals surface area (Å²) in [6.07, 6.45) is 4.65. The van der Waals surface area contributed by atoms with Gasteiger partial charge < -0.3 is 20.5 Å². The molecule has 142 valence electrons. The highest BCUT2D eigenvalue weighted by Gasteiger charge is 2.29. The van der Waals surface area contributed by atoms with E-state index in [0.29, 0.717) is 24.1 Å². The molecule has 1 aromatic heterocycles. The van der Waals surface area contributed by atoms with Crippen LogP contribution < -0.4 is 10.6 Å². The van der Waals surface area contributed by atoms with E-state index in [4.69, 9.17) is 4.74 Å². The molecule has 1 saturated heterocycles. The van der Waals surface area contributed by atoms with Gasteiger partial charge in [-0.25, -0.2) is 4.79 Å². The Hall–Kier alpha value is -2.77.